The fourth-order valence-corrected chi connectivity index (χ4v) is 2.73. The van der Waals surface area contributed by atoms with Crippen LogP contribution < -0.4 is 15.4 Å². The summed E-state index contributed by atoms with van der Waals surface area (Å²) in [4.78, 5) is 2.46. The van der Waals surface area contributed by atoms with E-state index < -0.39 is 0 Å². The molecule has 0 aromatic heterocycles. The zero-order chi connectivity index (χ0) is 11.7. The Labute approximate surface area is 103 Å². The van der Waals surface area contributed by atoms with Crippen LogP contribution in [0, 0.1) is 0 Å². The smallest absolute Gasteiger partial charge is 0.124 e. The minimum atomic E-state index is 0.156. The van der Waals surface area contributed by atoms with Crippen molar-refractivity contribution in [3.05, 3.63) is 23.8 Å². The molecule has 3 rings (SSSR count). The molecule has 1 atom stereocenters. The third-order valence-electron chi connectivity index (χ3n) is 3.71. The molecule has 0 aliphatic carbocycles. The highest BCUT2D eigenvalue weighted by atomic mass is 16.5. The van der Waals surface area contributed by atoms with E-state index in [0.717, 1.165) is 12.2 Å². The average Bonchev–Trinajstić information content (AvgIpc) is 2.39. The van der Waals surface area contributed by atoms with Gasteiger partial charge in [-0.05, 0) is 37.3 Å². The molecule has 1 aromatic rings. The van der Waals surface area contributed by atoms with Gasteiger partial charge in [0.05, 0.1) is 0 Å². The molecule has 1 saturated heterocycles. The molecule has 2 aliphatic heterocycles. The van der Waals surface area contributed by atoms with Gasteiger partial charge in [-0.25, -0.2) is 0 Å². The van der Waals surface area contributed by atoms with Crippen molar-refractivity contribution >= 4 is 5.69 Å². The lowest BCUT2D eigenvalue weighted by atomic mass is 10.0. The van der Waals surface area contributed by atoms with Gasteiger partial charge in [0.1, 0.15) is 12.4 Å². The van der Waals surface area contributed by atoms with E-state index in [1.807, 2.05) is 0 Å². The first-order chi connectivity index (χ1) is 8.33. The number of piperidine rings is 1. The van der Waals surface area contributed by atoms with Crippen molar-refractivity contribution in [2.45, 2.75) is 31.7 Å². The quantitative estimate of drug-likeness (QED) is 0.804. The topological polar surface area (TPSA) is 38.5 Å². The fraction of sp³-hybridized carbons (Fsp3) is 0.571. The molecule has 0 amide bonds. The third kappa shape index (κ3) is 2.25. The summed E-state index contributed by atoms with van der Waals surface area (Å²) in [5, 5.41) is 0. The van der Waals surface area contributed by atoms with Crippen LogP contribution in [0.25, 0.3) is 0 Å². The molecule has 3 nitrogen and oxygen atoms in total. The summed E-state index contributed by atoms with van der Waals surface area (Å²) in [6.45, 7) is 3.01. The second-order valence-corrected chi connectivity index (χ2v) is 5.11. The Hall–Kier alpha value is -1.22. The molecule has 2 heterocycles. The van der Waals surface area contributed by atoms with E-state index in [0.29, 0.717) is 6.61 Å². The van der Waals surface area contributed by atoms with Crippen LogP contribution >= 0.6 is 0 Å². The summed E-state index contributed by atoms with van der Waals surface area (Å²) in [6, 6.07) is 6.74. The van der Waals surface area contributed by atoms with E-state index in [4.69, 9.17) is 10.5 Å². The zero-order valence-electron chi connectivity index (χ0n) is 10.2. The predicted molar refractivity (Wildman–Crippen MR) is 69.7 cm³/mol. The second-order valence-electron chi connectivity index (χ2n) is 5.11. The van der Waals surface area contributed by atoms with Gasteiger partial charge in [0.2, 0.25) is 0 Å². The molecule has 0 saturated carbocycles. The molecule has 3 heteroatoms. The Bertz CT molecular complexity index is 399. The maximum atomic E-state index is 5.90. The number of hydrogen-bond acceptors (Lipinski definition) is 3. The summed E-state index contributed by atoms with van der Waals surface area (Å²) in [7, 11) is 0. The first-order valence-corrected chi connectivity index (χ1v) is 6.59. The summed E-state index contributed by atoms with van der Waals surface area (Å²) in [6.07, 6.45) is 4.92. The second kappa shape index (κ2) is 4.57. The van der Waals surface area contributed by atoms with Gasteiger partial charge < -0.3 is 15.4 Å². The average molecular weight is 232 g/mol. The summed E-state index contributed by atoms with van der Waals surface area (Å²) in [5.74, 6) is 1.04. The van der Waals surface area contributed by atoms with Crippen molar-refractivity contribution in [2.75, 3.05) is 24.6 Å². The van der Waals surface area contributed by atoms with Crippen LogP contribution in [0.4, 0.5) is 5.69 Å². The van der Waals surface area contributed by atoms with Crippen molar-refractivity contribution in [1.82, 2.24) is 0 Å². The van der Waals surface area contributed by atoms with Gasteiger partial charge in [-0.2, -0.15) is 0 Å². The molecular formula is C14H20N2O. The highest BCUT2D eigenvalue weighted by Gasteiger charge is 2.18. The Kier molecular flexibility index (Phi) is 2.93. The molecular weight excluding hydrogens is 212 g/mol. The SMILES string of the molecule is N[C@H]1COc2cc(N3CCCCC3)ccc2C1. The minimum Gasteiger partial charge on any atom is -0.492 e. The summed E-state index contributed by atoms with van der Waals surface area (Å²) >= 11 is 0. The zero-order valence-corrected chi connectivity index (χ0v) is 10.2. The summed E-state index contributed by atoms with van der Waals surface area (Å²) in [5.41, 5.74) is 8.45. The minimum absolute atomic E-state index is 0.156. The van der Waals surface area contributed by atoms with Crippen LogP contribution in [0.2, 0.25) is 0 Å². The number of rotatable bonds is 1. The van der Waals surface area contributed by atoms with E-state index in [-0.39, 0.29) is 6.04 Å². The van der Waals surface area contributed by atoms with E-state index in [9.17, 15) is 0 Å². The number of anilines is 1. The lowest BCUT2D eigenvalue weighted by molar-refractivity contribution is 0.263. The van der Waals surface area contributed by atoms with Crippen LogP contribution in [0.5, 0.6) is 5.75 Å². The normalized spacial score (nSPS) is 24.1. The largest absolute Gasteiger partial charge is 0.492 e. The van der Waals surface area contributed by atoms with Crippen LogP contribution in [-0.4, -0.2) is 25.7 Å². The maximum absolute atomic E-state index is 5.90. The monoisotopic (exact) mass is 232 g/mol. The van der Waals surface area contributed by atoms with Crippen molar-refractivity contribution in [3.8, 4) is 5.75 Å². The van der Waals surface area contributed by atoms with Gasteiger partial charge in [-0.3, -0.25) is 0 Å². The number of benzene rings is 1. The van der Waals surface area contributed by atoms with Crippen molar-refractivity contribution < 1.29 is 4.74 Å². The van der Waals surface area contributed by atoms with Crippen molar-refractivity contribution in [3.63, 3.8) is 0 Å². The Morgan fingerprint density at radius 3 is 2.82 bits per heavy atom. The van der Waals surface area contributed by atoms with Gasteiger partial charge in [0, 0.05) is 30.9 Å². The van der Waals surface area contributed by atoms with Gasteiger partial charge in [0.25, 0.3) is 0 Å². The van der Waals surface area contributed by atoms with Crippen molar-refractivity contribution in [1.29, 1.82) is 0 Å². The van der Waals surface area contributed by atoms with Gasteiger partial charge in [-0.15, -0.1) is 0 Å². The Morgan fingerprint density at radius 2 is 2.00 bits per heavy atom. The molecule has 0 bridgehead atoms. The van der Waals surface area contributed by atoms with Crippen LogP contribution in [0.1, 0.15) is 24.8 Å². The number of nitrogens with two attached hydrogens (primary N) is 1. The van der Waals surface area contributed by atoms with Crippen LogP contribution in [-0.2, 0) is 6.42 Å². The molecule has 1 aromatic carbocycles. The van der Waals surface area contributed by atoms with E-state index >= 15 is 0 Å². The predicted octanol–water partition coefficient (Wildman–Crippen LogP) is 1.94. The molecule has 0 spiro atoms. The van der Waals surface area contributed by atoms with E-state index in [1.54, 1.807) is 0 Å². The number of nitrogens with zero attached hydrogens (tertiary/aromatic N) is 1. The lowest BCUT2D eigenvalue weighted by Crippen LogP contribution is -2.34. The van der Waals surface area contributed by atoms with E-state index in [1.165, 1.54) is 43.6 Å². The molecule has 0 unspecified atom stereocenters. The molecule has 2 aliphatic rings. The van der Waals surface area contributed by atoms with Crippen LogP contribution in [0.3, 0.4) is 0 Å². The fourth-order valence-electron chi connectivity index (χ4n) is 2.73. The standard InChI is InChI=1S/C14H20N2O/c15-12-8-11-4-5-13(9-14(11)17-10-12)16-6-2-1-3-7-16/h4-5,9,12H,1-3,6-8,10,15H2/t12-/m1/s1. The van der Waals surface area contributed by atoms with Gasteiger partial charge >= 0.3 is 0 Å². The lowest BCUT2D eigenvalue weighted by Gasteiger charge is -2.30. The van der Waals surface area contributed by atoms with Crippen molar-refractivity contribution in [2.24, 2.45) is 5.73 Å². The Balaban J connectivity index is 1.82. The molecule has 17 heavy (non-hydrogen) atoms. The molecule has 2 N–H and O–H groups in total. The number of ether oxygens (including phenoxy) is 1. The highest BCUT2D eigenvalue weighted by Crippen LogP contribution is 2.30. The maximum Gasteiger partial charge on any atom is 0.124 e. The van der Waals surface area contributed by atoms with E-state index in [2.05, 4.69) is 23.1 Å². The third-order valence-corrected chi connectivity index (χ3v) is 3.71. The first-order valence-electron chi connectivity index (χ1n) is 6.59. The van der Waals surface area contributed by atoms with Crippen LogP contribution in [0.15, 0.2) is 18.2 Å². The Morgan fingerprint density at radius 1 is 1.18 bits per heavy atom. The number of fused-ring (bicyclic) bond motifs is 1. The summed E-state index contributed by atoms with van der Waals surface area (Å²) < 4.78 is 5.72. The molecule has 0 radical (unpaired) electrons. The van der Waals surface area contributed by atoms with Gasteiger partial charge in [0.15, 0.2) is 0 Å². The number of hydrogen-bond donors (Lipinski definition) is 1. The molecule has 92 valence electrons. The highest BCUT2D eigenvalue weighted by molar-refractivity contribution is 5.54. The molecule has 1 fully saturated rings. The van der Waals surface area contributed by atoms with Gasteiger partial charge in [-0.1, -0.05) is 6.07 Å². The first kappa shape index (κ1) is 10.9.